The molecule has 0 radical (unpaired) electrons. The predicted molar refractivity (Wildman–Crippen MR) is 151 cm³/mol. The van der Waals surface area contributed by atoms with E-state index in [0.29, 0.717) is 45.2 Å². The molecule has 0 aliphatic carbocycles. The van der Waals surface area contributed by atoms with Crippen LogP contribution in [0, 0.1) is 0 Å². The Labute approximate surface area is 244 Å². The standard InChI is InChI=1S/C27H31BrN4O9/c1-5-39-21-11-17(25-24(26(35)38-4)15(2)30-27(36)31-25)7-9-20(21)40-13-22(33)32-29-12-16-6-8-19(18(28)10-16)41-14-23(34)37-3/h6-12,22,25,32-33H,5,13-14H2,1-4H3,(H2,30,31,36)/b29-12-/t22-,25+/m0/s1. The second-order valence-electron chi connectivity index (χ2n) is 8.47. The van der Waals surface area contributed by atoms with Crippen LogP contribution in [0.2, 0.25) is 0 Å². The summed E-state index contributed by atoms with van der Waals surface area (Å²) in [5.74, 6) is 0.0770. The molecule has 2 amide bonds. The van der Waals surface area contributed by atoms with E-state index in [4.69, 9.17) is 18.9 Å². The van der Waals surface area contributed by atoms with Gasteiger partial charge in [0, 0.05) is 5.70 Å². The zero-order valence-corrected chi connectivity index (χ0v) is 24.4. The normalized spacial score (nSPS) is 15.5. The van der Waals surface area contributed by atoms with Gasteiger partial charge in [0.15, 0.2) is 24.3 Å². The van der Waals surface area contributed by atoms with Gasteiger partial charge in [-0.25, -0.2) is 14.4 Å². The maximum Gasteiger partial charge on any atom is 0.343 e. The highest BCUT2D eigenvalue weighted by Crippen LogP contribution is 2.35. The van der Waals surface area contributed by atoms with Gasteiger partial charge in [0.1, 0.15) is 12.4 Å². The molecule has 0 spiro atoms. The summed E-state index contributed by atoms with van der Waals surface area (Å²) in [7, 11) is 2.54. The molecule has 2 aromatic rings. The Hall–Kier alpha value is -4.30. The molecule has 220 valence electrons. The van der Waals surface area contributed by atoms with Gasteiger partial charge in [-0.1, -0.05) is 6.07 Å². The third-order valence-electron chi connectivity index (χ3n) is 5.64. The predicted octanol–water partition coefficient (Wildman–Crippen LogP) is 2.52. The molecule has 41 heavy (non-hydrogen) atoms. The molecular weight excluding hydrogens is 604 g/mol. The largest absolute Gasteiger partial charge is 0.490 e. The Morgan fingerprint density at radius 1 is 1.10 bits per heavy atom. The molecule has 0 bridgehead atoms. The van der Waals surface area contributed by atoms with Crippen LogP contribution < -0.4 is 30.3 Å². The monoisotopic (exact) mass is 634 g/mol. The van der Waals surface area contributed by atoms with E-state index in [2.05, 4.69) is 41.8 Å². The van der Waals surface area contributed by atoms with Gasteiger partial charge in [0.25, 0.3) is 0 Å². The van der Waals surface area contributed by atoms with E-state index in [0.717, 1.165) is 0 Å². The quantitative estimate of drug-likeness (QED) is 0.111. The van der Waals surface area contributed by atoms with E-state index >= 15 is 0 Å². The first-order chi connectivity index (χ1) is 19.7. The summed E-state index contributed by atoms with van der Waals surface area (Å²) in [5.41, 5.74) is 4.48. The molecule has 2 aromatic carbocycles. The summed E-state index contributed by atoms with van der Waals surface area (Å²) in [6, 6.07) is 8.84. The molecule has 0 unspecified atom stereocenters. The molecule has 4 N–H and O–H groups in total. The van der Waals surface area contributed by atoms with Crippen LogP contribution in [0.4, 0.5) is 4.79 Å². The number of carbonyl (C=O) groups excluding carboxylic acids is 3. The van der Waals surface area contributed by atoms with E-state index in [9.17, 15) is 19.5 Å². The number of allylic oxidation sites excluding steroid dienone is 1. The third kappa shape index (κ3) is 8.59. The lowest BCUT2D eigenvalue weighted by molar-refractivity contribution is -0.143. The number of carbonyl (C=O) groups is 3. The molecule has 14 heteroatoms. The van der Waals surface area contributed by atoms with Crippen molar-refractivity contribution in [3.05, 3.63) is 63.3 Å². The maximum atomic E-state index is 12.4. The molecule has 1 aliphatic rings. The van der Waals surface area contributed by atoms with E-state index in [1.54, 1.807) is 50.2 Å². The summed E-state index contributed by atoms with van der Waals surface area (Å²) in [6.45, 7) is 3.35. The summed E-state index contributed by atoms with van der Waals surface area (Å²) in [4.78, 5) is 35.7. The number of aliphatic hydroxyl groups is 1. The molecule has 13 nitrogen and oxygen atoms in total. The number of methoxy groups -OCH3 is 2. The fraction of sp³-hybridized carbons (Fsp3) is 0.333. The van der Waals surface area contributed by atoms with Crippen molar-refractivity contribution in [2.24, 2.45) is 5.10 Å². The van der Waals surface area contributed by atoms with Crippen LogP contribution in [0.25, 0.3) is 0 Å². The van der Waals surface area contributed by atoms with Crippen molar-refractivity contribution in [1.82, 2.24) is 16.1 Å². The van der Waals surface area contributed by atoms with Crippen molar-refractivity contribution in [1.29, 1.82) is 0 Å². The lowest BCUT2D eigenvalue weighted by Gasteiger charge is -2.28. The molecule has 0 saturated carbocycles. The number of amides is 2. The second-order valence-corrected chi connectivity index (χ2v) is 9.32. The number of nitrogens with zero attached hydrogens (tertiary/aromatic N) is 1. The summed E-state index contributed by atoms with van der Waals surface area (Å²) >= 11 is 3.37. The number of halogens is 1. The first-order valence-corrected chi connectivity index (χ1v) is 13.2. The molecule has 1 heterocycles. The highest BCUT2D eigenvalue weighted by molar-refractivity contribution is 9.10. The molecule has 1 aliphatic heterocycles. The van der Waals surface area contributed by atoms with Gasteiger partial charge in [-0.2, -0.15) is 5.10 Å². The number of urea groups is 1. The first kappa shape index (κ1) is 31.2. The highest BCUT2D eigenvalue weighted by atomic mass is 79.9. The van der Waals surface area contributed by atoms with Crippen LogP contribution in [0.3, 0.4) is 0 Å². The van der Waals surface area contributed by atoms with Crippen LogP contribution in [0.5, 0.6) is 17.2 Å². The van der Waals surface area contributed by atoms with Crippen molar-refractivity contribution in [2.45, 2.75) is 26.1 Å². The molecular formula is C27H31BrN4O9. The van der Waals surface area contributed by atoms with E-state index < -0.39 is 30.2 Å². The highest BCUT2D eigenvalue weighted by Gasteiger charge is 2.32. The minimum atomic E-state index is -1.16. The maximum absolute atomic E-state index is 12.4. The van der Waals surface area contributed by atoms with E-state index in [1.165, 1.54) is 20.4 Å². The van der Waals surface area contributed by atoms with Crippen molar-refractivity contribution in [2.75, 3.05) is 34.0 Å². The van der Waals surface area contributed by atoms with Gasteiger partial charge >= 0.3 is 18.0 Å². The third-order valence-corrected chi connectivity index (χ3v) is 6.26. The summed E-state index contributed by atoms with van der Waals surface area (Å²) in [6.07, 6.45) is 0.326. The fourth-order valence-corrected chi connectivity index (χ4v) is 4.24. The molecule has 0 aromatic heterocycles. The smallest absolute Gasteiger partial charge is 0.343 e. The van der Waals surface area contributed by atoms with Crippen LogP contribution in [-0.4, -0.2) is 69.6 Å². The Balaban J connectivity index is 1.63. The Kier molecular flexibility index (Phi) is 11.4. The van der Waals surface area contributed by atoms with E-state index in [-0.39, 0.29) is 18.8 Å². The SMILES string of the molecule is CCOc1cc([C@H]2NC(=O)NC(C)=C2C(=O)OC)ccc1OC[C@H](O)N/N=C\c1ccc(OCC(=O)OC)c(Br)c1. The molecule has 0 saturated heterocycles. The number of hydrazone groups is 1. The zero-order chi connectivity index (χ0) is 29.9. The van der Waals surface area contributed by atoms with Crippen LogP contribution in [0.1, 0.15) is 31.0 Å². The molecule has 3 rings (SSSR count). The average Bonchev–Trinajstić information content (AvgIpc) is 2.95. The lowest BCUT2D eigenvalue weighted by atomic mass is 9.95. The summed E-state index contributed by atoms with van der Waals surface area (Å²) < 4.78 is 26.9. The topological polar surface area (TPSA) is 166 Å². The van der Waals surface area contributed by atoms with E-state index in [1.807, 2.05) is 0 Å². The number of rotatable bonds is 13. The number of aliphatic hydroxyl groups excluding tert-OH is 1. The van der Waals surface area contributed by atoms with Crippen LogP contribution >= 0.6 is 15.9 Å². The number of ether oxygens (including phenoxy) is 5. The minimum absolute atomic E-state index is 0.169. The van der Waals surface area contributed by atoms with Gasteiger partial charge < -0.3 is 39.4 Å². The Morgan fingerprint density at radius 3 is 2.54 bits per heavy atom. The van der Waals surface area contributed by atoms with Crippen molar-refractivity contribution in [3.8, 4) is 17.2 Å². The van der Waals surface area contributed by atoms with Gasteiger partial charge in [0.2, 0.25) is 0 Å². The van der Waals surface area contributed by atoms with Gasteiger partial charge in [-0.15, -0.1) is 0 Å². The zero-order valence-electron chi connectivity index (χ0n) is 22.9. The Bertz CT molecular complexity index is 1330. The molecule has 0 fully saturated rings. The summed E-state index contributed by atoms with van der Waals surface area (Å²) in [5, 5.41) is 19.6. The van der Waals surface area contributed by atoms with Crippen molar-refractivity contribution < 1.29 is 43.2 Å². The minimum Gasteiger partial charge on any atom is -0.490 e. The number of esters is 2. The fourth-order valence-electron chi connectivity index (χ4n) is 3.73. The van der Waals surface area contributed by atoms with Gasteiger partial charge in [-0.3, -0.25) is 5.43 Å². The van der Waals surface area contributed by atoms with Crippen molar-refractivity contribution in [3.63, 3.8) is 0 Å². The van der Waals surface area contributed by atoms with Crippen LogP contribution in [0.15, 0.2) is 57.2 Å². The van der Waals surface area contributed by atoms with Crippen LogP contribution in [-0.2, 0) is 19.1 Å². The van der Waals surface area contributed by atoms with Crippen molar-refractivity contribution >= 4 is 40.1 Å². The molecule has 2 atom stereocenters. The number of benzene rings is 2. The number of hydrogen-bond donors (Lipinski definition) is 4. The number of hydrogen-bond acceptors (Lipinski definition) is 11. The average molecular weight is 635 g/mol. The van der Waals surface area contributed by atoms with Gasteiger partial charge in [-0.05, 0) is 71.2 Å². The second kappa shape index (κ2) is 14.9. The number of nitrogens with one attached hydrogen (secondary N) is 3. The first-order valence-electron chi connectivity index (χ1n) is 12.4. The van der Waals surface area contributed by atoms with Gasteiger partial charge in [0.05, 0.1) is 43.1 Å². The lowest BCUT2D eigenvalue weighted by Crippen LogP contribution is -2.45. The Morgan fingerprint density at radius 2 is 1.85 bits per heavy atom.